The summed E-state index contributed by atoms with van der Waals surface area (Å²) in [6.45, 7) is 8.90. The summed E-state index contributed by atoms with van der Waals surface area (Å²) in [6, 6.07) is -0.942. The van der Waals surface area contributed by atoms with Crippen molar-refractivity contribution in [1.82, 2.24) is 10.6 Å². The number of rotatable bonds is 5. The second-order valence-electron chi connectivity index (χ2n) is 5.95. The van der Waals surface area contributed by atoms with Gasteiger partial charge in [0.1, 0.15) is 6.04 Å². The van der Waals surface area contributed by atoms with E-state index in [9.17, 15) is 14.7 Å². The SMILES string of the molecule is CCNC1COCC1C(=O)N[C@@H](C(=O)O)C(C)(C)C. The summed E-state index contributed by atoms with van der Waals surface area (Å²) in [6.07, 6.45) is 0. The van der Waals surface area contributed by atoms with Gasteiger partial charge in [0.2, 0.25) is 5.91 Å². The molecule has 1 rings (SSSR count). The molecule has 6 heteroatoms. The molecule has 19 heavy (non-hydrogen) atoms. The molecule has 0 bridgehead atoms. The second kappa shape index (κ2) is 6.34. The van der Waals surface area contributed by atoms with Gasteiger partial charge in [0.15, 0.2) is 0 Å². The van der Waals surface area contributed by atoms with Crippen LogP contribution in [0.5, 0.6) is 0 Å². The zero-order valence-electron chi connectivity index (χ0n) is 12.0. The van der Waals surface area contributed by atoms with Crippen LogP contribution in [-0.2, 0) is 14.3 Å². The molecule has 3 N–H and O–H groups in total. The third-order valence-electron chi connectivity index (χ3n) is 3.28. The molecule has 0 aromatic rings. The number of amides is 1. The largest absolute Gasteiger partial charge is 0.480 e. The molecule has 1 fully saturated rings. The van der Waals surface area contributed by atoms with Crippen LogP contribution in [0.3, 0.4) is 0 Å². The fraction of sp³-hybridized carbons (Fsp3) is 0.846. The predicted molar refractivity (Wildman–Crippen MR) is 70.8 cm³/mol. The Morgan fingerprint density at radius 2 is 2.00 bits per heavy atom. The van der Waals surface area contributed by atoms with Crippen molar-refractivity contribution in [2.45, 2.75) is 39.8 Å². The van der Waals surface area contributed by atoms with E-state index in [2.05, 4.69) is 10.6 Å². The molecule has 1 saturated heterocycles. The average Bonchev–Trinajstić information content (AvgIpc) is 2.72. The smallest absolute Gasteiger partial charge is 0.326 e. The zero-order chi connectivity index (χ0) is 14.6. The normalized spacial score (nSPS) is 25.1. The molecule has 1 heterocycles. The maximum absolute atomic E-state index is 12.2. The molecule has 1 amide bonds. The van der Waals surface area contributed by atoms with Crippen molar-refractivity contribution in [3.8, 4) is 0 Å². The number of likely N-dealkylation sites (N-methyl/N-ethyl adjacent to an activating group) is 1. The third-order valence-corrected chi connectivity index (χ3v) is 3.28. The summed E-state index contributed by atoms with van der Waals surface area (Å²) in [5, 5.41) is 15.0. The lowest BCUT2D eigenvalue weighted by atomic mass is 9.86. The molecule has 6 nitrogen and oxygen atoms in total. The topological polar surface area (TPSA) is 87.7 Å². The molecule has 0 saturated carbocycles. The van der Waals surface area contributed by atoms with Crippen LogP contribution in [0.15, 0.2) is 0 Å². The van der Waals surface area contributed by atoms with Crippen molar-refractivity contribution in [3.05, 3.63) is 0 Å². The van der Waals surface area contributed by atoms with Crippen molar-refractivity contribution < 1.29 is 19.4 Å². The van der Waals surface area contributed by atoms with Crippen LogP contribution in [-0.4, -0.2) is 48.8 Å². The van der Waals surface area contributed by atoms with Crippen LogP contribution in [0.2, 0.25) is 0 Å². The zero-order valence-corrected chi connectivity index (χ0v) is 12.0. The van der Waals surface area contributed by atoms with Gasteiger partial charge in [-0.05, 0) is 12.0 Å². The van der Waals surface area contributed by atoms with Gasteiger partial charge >= 0.3 is 5.97 Å². The van der Waals surface area contributed by atoms with E-state index in [0.717, 1.165) is 6.54 Å². The standard InChI is InChI=1S/C13H24N2O4/c1-5-14-9-7-19-6-8(9)11(16)15-10(12(17)18)13(2,3)4/h8-10,14H,5-7H2,1-4H3,(H,15,16)(H,17,18)/t8?,9?,10-/m0/s1. The highest BCUT2D eigenvalue weighted by molar-refractivity contribution is 5.86. The van der Waals surface area contributed by atoms with Crippen molar-refractivity contribution in [2.24, 2.45) is 11.3 Å². The first kappa shape index (κ1) is 15.9. The Labute approximate surface area is 113 Å². The Morgan fingerprint density at radius 3 is 2.47 bits per heavy atom. The number of carboxylic acid groups (broad SMARTS) is 1. The van der Waals surface area contributed by atoms with E-state index in [4.69, 9.17) is 4.74 Å². The van der Waals surface area contributed by atoms with E-state index in [-0.39, 0.29) is 17.9 Å². The number of hydrogen-bond acceptors (Lipinski definition) is 4. The number of nitrogens with one attached hydrogen (secondary N) is 2. The minimum Gasteiger partial charge on any atom is -0.480 e. The first-order valence-corrected chi connectivity index (χ1v) is 6.61. The van der Waals surface area contributed by atoms with Crippen molar-refractivity contribution >= 4 is 11.9 Å². The Bertz CT molecular complexity index is 338. The summed E-state index contributed by atoms with van der Waals surface area (Å²) < 4.78 is 5.30. The molecular weight excluding hydrogens is 248 g/mol. The van der Waals surface area contributed by atoms with Gasteiger partial charge in [0.05, 0.1) is 19.1 Å². The quantitative estimate of drug-likeness (QED) is 0.666. The summed E-state index contributed by atoms with van der Waals surface area (Å²) >= 11 is 0. The molecule has 110 valence electrons. The molecule has 2 unspecified atom stereocenters. The minimum atomic E-state index is -1.01. The van der Waals surface area contributed by atoms with Crippen molar-refractivity contribution in [3.63, 3.8) is 0 Å². The lowest BCUT2D eigenvalue weighted by Gasteiger charge is -2.29. The minimum absolute atomic E-state index is 0.0422. The molecule has 0 aromatic heterocycles. The summed E-state index contributed by atoms with van der Waals surface area (Å²) in [4.78, 5) is 23.4. The Balaban J connectivity index is 2.69. The molecule has 1 aliphatic rings. The third kappa shape index (κ3) is 4.18. The number of aliphatic carboxylic acids is 1. The molecule has 0 radical (unpaired) electrons. The number of hydrogen-bond donors (Lipinski definition) is 3. The summed E-state index contributed by atoms with van der Waals surface area (Å²) in [5.41, 5.74) is -0.533. The van der Waals surface area contributed by atoms with Crippen molar-refractivity contribution in [1.29, 1.82) is 0 Å². The number of carbonyl (C=O) groups is 2. The highest BCUT2D eigenvalue weighted by atomic mass is 16.5. The van der Waals surface area contributed by atoms with Gasteiger partial charge < -0.3 is 20.5 Å². The van der Waals surface area contributed by atoms with Gasteiger partial charge in [-0.25, -0.2) is 4.79 Å². The van der Waals surface area contributed by atoms with Crippen LogP contribution >= 0.6 is 0 Å². The van der Waals surface area contributed by atoms with Gasteiger partial charge in [0.25, 0.3) is 0 Å². The average molecular weight is 272 g/mol. The first-order valence-electron chi connectivity index (χ1n) is 6.61. The van der Waals surface area contributed by atoms with Gasteiger partial charge in [-0.3, -0.25) is 4.79 Å². The van der Waals surface area contributed by atoms with Crippen LogP contribution in [0.1, 0.15) is 27.7 Å². The molecule has 3 atom stereocenters. The Morgan fingerprint density at radius 1 is 1.37 bits per heavy atom. The van der Waals surface area contributed by atoms with Crippen LogP contribution in [0.25, 0.3) is 0 Å². The highest BCUT2D eigenvalue weighted by Crippen LogP contribution is 2.21. The maximum Gasteiger partial charge on any atom is 0.326 e. The fourth-order valence-electron chi connectivity index (χ4n) is 2.17. The monoisotopic (exact) mass is 272 g/mol. The maximum atomic E-state index is 12.2. The van der Waals surface area contributed by atoms with E-state index in [1.165, 1.54) is 0 Å². The van der Waals surface area contributed by atoms with E-state index in [1.807, 2.05) is 6.92 Å². The number of carbonyl (C=O) groups excluding carboxylic acids is 1. The molecule has 0 aromatic carbocycles. The van der Waals surface area contributed by atoms with E-state index in [0.29, 0.717) is 13.2 Å². The van der Waals surface area contributed by atoms with Crippen LogP contribution in [0.4, 0.5) is 0 Å². The lowest BCUT2D eigenvalue weighted by Crippen LogP contribution is -2.53. The fourth-order valence-corrected chi connectivity index (χ4v) is 2.17. The molecular formula is C13H24N2O4. The molecule has 1 aliphatic heterocycles. The van der Waals surface area contributed by atoms with Gasteiger partial charge in [0, 0.05) is 6.04 Å². The lowest BCUT2D eigenvalue weighted by molar-refractivity contribution is -0.145. The van der Waals surface area contributed by atoms with Gasteiger partial charge in [-0.2, -0.15) is 0 Å². The van der Waals surface area contributed by atoms with Gasteiger partial charge in [-0.15, -0.1) is 0 Å². The van der Waals surface area contributed by atoms with Crippen LogP contribution < -0.4 is 10.6 Å². The highest BCUT2D eigenvalue weighted by Gasteiger charge is 2.38. The van der Waals surface area contributed by atoms with Crippen molar-refractivity contribution in [2.75, 3.05) is 19.8 Å². The predicted octanol–water partition coefficient (Wildman–Crippen LogP) is 0.226. The summed E-state index contributed by atoms with van der Waals surface area (Å²) in [5.74, 6) is -1.60. The Kier molecular flexibility index (Phi) is 5.31. The molecule has 0 aliphatic carbocycles. The molecule has 0 spiro atoms. The number of ether oxygens (including phenoxy) is 1. The van der Waals surface area contributed by atoms with Crippen LogP contribution in [0, 0.1) is 11.3 Å². The Hall–Kier alpha value is -1.14. The number of carboxylic acids is 1. The summed E-state index contributed by atoms with van der Waals surface area (Å²) in [7, 11) is 0. The van der Waals surface area contributed by atoms with E-state index in [1.54, 1.807) is 20.8 Å². The first-order chi connectivity index (χ1) is 8.77. The van der Waals surface area contributed by atoms with E-state index < -0.39 is 17.4 Å². The van der Waals surface area contributed by atoms with E-state index >= 15 is 0 Å². The van der Waals surface area contributed by atoms with Gasteiger partial charge in [-0.1, -0.05) is 27.7 Å². The second-order valence-corrected chi connectivity index (χ2v) is 5.95.